The molecule has 32 heavy (non-hydrogen) atoms. The van der Waals surface area contributed by atoms with Crippen LogP contribution in [0.5, 0.6) is 0 Å². The van der Waals surface area contributed by atoms with Crippen molar-refractivity contribution in [1.29, 1.82) is 0 Å². The Hall–Kier alpha value is -3.69. The molecule has 1 aliphatic heterocycles. The number of amides is 2. The van der Waals surface area contributed by atoms with Gasteiger partial charge in [0.2, 0.25) is 5.91 Å². The van der Waals surface area contributed by atoms with Gasteiger partial charge in [-0.2, -0.15) is 0 Å². The van der Waals surface area contributed by atoms with Crippen LogP contribution >= 0.6 is 11.6 Å². The largest absolute Gasteiger partial charge is 0.459 e. The number of halogens is 1. The summed E-state index contributed by atoms with van der Waals surface area (Å²) in [6.45, 7) is 2.65. The molecule has 5 rings (SSSR count). The van der Waals surface area contributed by atoms with Crippen LogP contribution in [0.3, 0.4) is 0 Å². The van der Waals surface area contributed by atoms with Crippen LogP contribution in [0.4, 0.5) is 11.4 Å². The zero-order valence-electron chi connectivity index (χ0n) is 16.9. The fourth-order valence-corrected chi connectivity index (χ4v) is 3.51. The number of rotatable bonds is 5. The summed E-state index contributed by atoms with van der Waals surface area (Å²) in [5.74, 6) is 0.189. The third-order valence-corrected chi connectivity index (χ3v) is 5.54. The van der Waals surface area contributed by atoms with Gasteiger partial charge in [0.05, 0.1) is 47.3 Å². The lowest BCUT2D eigenvalue weighted by molar-refractivity contribution is -0.151. The summed E-state index contributed by atoms with van der Waals surface area (Å²) in [5, 5.41) is 6.08. The number of aromatic amines is 1. The highest BCUT2D eigenvalue weighted by molar-refractivity contribution is 6.33. The molecule has 2 amide bonds. The molecule has 162 valence electrons. The number of H-pyrrole nitrogens is 1. The molecule has 0 radical (unpaired) electrons. The fraction of sp³-hybridized carbons (Fsp3) is 0.182. The molecule has 4 aromatic rings. The number of aromatic nitrogens is 3. The molecule has 0 atom stereocenters. The molecule has 1 aliphatic rings. The molecule has 1 fully saturated rings. The minimum Gasteiger partial charge on any atom is -0.459 e. The van der Waals surface area contributed by atoms with Crippen molar-refractivity contribution < 1.29 is 18.7 Å². The Bertz CT molecular complexity index is 1330. The minimum atomic E-state index is -0.526. The van der Waals surface area contributed by atoms with Gasteiger partial charge in [0.15, 0.2) is 11.4 Å². The second-order valence-corrected chi connectivity index (χ2v) is 8.22. The monoisotopic (exact) mass is 451 g/mol. The molecule has 1 aromatic carbocycles. The summed E-state index contributed by atoms with van der Waals surface area (Å²) in [6.07, 6.45) is 2.98. The first kappa shape index (κ1) is 20.2. The van der Waals surface area contributed by atoms with Crippen LogP contribution in [0, 0.1) is 5.41 Å². The minimum absolute atomic E-state index is 0.118. The smallest absolute Gasteiger partial charge is 0.291 e. The van der Waals surface area contributed by atoms with Crippen molar-refractivity contribution in [2.24, 2.45) is 5.41 Å². The van der Waals surface area contributed by atoms with E-state index in [1.807, 2.05) is 6.92 Å². The van der Waals surface area contributed by atoms with Gasteiger partial charge in [-0.25, -0.2) is 9.97 Å². The highest BCUT2D eigenvalue weighted by Crippen LogP contribution is 2.31. The number of anilines is 2. The summed E-state index contributed by atoms with van der Waals surface area (Å²) in [4.78, 5) is 36.7. The quantitative estimate of drug-likeness (QED) is 0.420. The van der Waals surface area contributed by atoms with E-state index in [9.17, 15) is 9.59 Å². The van der Waals surface area contributed by atoms with Crippen molar-refractivity contribution in [3.05, 3.63) is 59.6 Å². The number of furan rings is 1. The zero-order valence-corrected chi connectivity index (χ0v) is 17.7. The number of imidazole rings is 1. The number of nitrogens with zero attached hydrogens (tertiary/aromatic N) is 2. The van der Waals surface area contributed by atoms with Gasteiger partial charge in [-0.05, 0) is 43.3 Å². The number of fused-ring (bicyclic) bond motifs is 1. The van der Waals surface area contributed by atoms with Crippen molar-refractivity contribution in [3.63, 3.8) is 0 Å². The molecule has 9 nitrogen and oxygen atoms in total. The Kier molecular flexibility index (Phi) is 4.91. The Morgan fingerprint density at radius 2 is 2.00 bits per heavy atom. The molecule has 3 aromatic heterocycles. The average molecular weight is 452 g/mol. The van der Waals surface area contributed by atoms with E-state index in [0.29, 0.717) is 52.2 Å². The van der Waals surface area contributed by atoms with Crippen molar-refractivity contribution in [1.82, 2.24) is 15.0 Å². The average Bonchev–Trinajstić information content (AvgIpc) is 3.43. The molecular formula is C22H18ClN5O4. The lowest BCUT2D eigenvalue weighted by Gasteiger charge is -2.36. The summed E-state index contributed by atoms with van der Waals surface area (Å²) >= 11 is 6.39. The summed E-state index contributed by atoms with van der Waals surface area (Å²) in [7, 11) is 0. The second kappa shape index (κ2) is 7.77. The molecule has 3 N–H and O–H groups in total. The Balaban J connectivity index is 1.40. The fourth-order valence-electron chi connectivity index (χ4n) is 3.30. The maximum absolute atomic E-state index is 12.4. The van der Waals surface area contributed by atoms with Gasteiger partial charge in [-0.1, -0.05) is 11.6 Å². The number of pyridine rings is 1. The first-order valence-corrected chi connectivity index (χ1v) is 10.2. The number of carbonyl (C=O) groups excluding carboxylic acids is 2. The van der Waals surface area contributed by atoms with Crippen LogP contribution in [0.25, 0.3) is 22.6 Å². The predicted molar refractivity (Wildman–Crippen MR) is 119 cm³/mol. The van der Waals surface area contributed by atoms with Crippen molar-refractivity contribution >= 4 is 46.0 Å². The standard InChI is InChI=1S/C22H18ClN5O4/c1-22(10-31-11-22)21(30)26-13-8-16-19(24-9-13)28-18(27-16)14-7-12(4-5-15(14)23)25-20(29)17-3-2-6-32-17/h2-9H,10-11H2,1H3,(H,25,29)(H,26,30)(H,24,27,28). The van der Waals surface area contributed by atoms with Gasteiger partial charge in [-0.3, -0.25) is 9.59 Å². The zero-order chi connectivity index (χ0) is 22.3. The van der Waals surface area contributed by atoms with Crippen LogP contribution in [0.2, 0.25) is 5.02 Å². The van der Waals surface area contributed by atoms with Crippen molar-refractivity contribution in [2.75, 3.05) is 23.8 Å². The molecule has 4 heterocycles. The van der Waals surface area contributed by atoms with E-state index in [4.69, 9.17) is 20.8 Å². The Morgan fingerprint density at radius 3 is 2.72 bits per heavy atom. The van der Waals surface area contributed by atoms with Crippen molar-refractivity contribution in [2.45, 2.75) is 6.92 Å². The van der Waals surface area contributed by atoms with Crippen LogP contribution in [-0.2, 0) is 9.53 Å². The number of hydrogen-bond acceptors (Lipinski definition) is 6. The van der Waals surface area contributed by atoms with E-state index in [-0.39, 0.29) is 17.6 Å². The van der Waals surface area contributed by atoms with Crippen LogP contribution < -0.4 is 10.6 Å². The van der Waals surface area contributed by atoms with Gasteiger partial charge in [0.25, 0.3) is 5.91 Å². The Morgan fingerprint density at radius 1 is 1.16 bits per heavy atom. The SMILES string of the molecule is CC1(C(=O)Nc2cnc3nc(-c4cc(NC(=O)c5ccco5)ccc4Cl)[nH]c3c2)COC1. The summed E-state index contributed by atoms with van der Waals surface area (Å²) in [6, 6.07) is 10.0. The van der Waals surface area contributed by atoms with Crippen molar-refractivity contribution in [3.8, 4) is 11.4 Å². The third-order valence-electron chi connectivity index (χ3n) is 5.21. The van der Waals surface area contributed by atoms with E-state index < -0.39 is 5.41 Å². The number of carbonyl (C=O) groups is 2. The normalized spacial score (nSPS) is 14.7. The maximum Gasteiger partial charge on any atom is 0.291 e. The lowest BCUT2D eigenvalue weighted by Crippen LogP contribution is -2.49. The number of nitrogens with one attached hydrogen (secondary N) is 3. The van der Waals surface area contributed by atoms with Crippen LogP contribution in [0.15, 0.2) is 53.3 Å². The number of hydrogen-bond donors (Lipinski definition) is 3. The van der Waals surface area contributed by atoms with E-state index in [2.05, 4.69) is 25.6 Å². The van der Waals surface area contributed by atoms with Gasteiger partial charge >= 0.3 is 0 Å². The van der Waals surface area contributed by atoms with Gasteiger partial charge < -0.3 is 24.8 Å². The van der Waals surface area contributed by atoms with Crippen LogP contribution in [0.1, 0.15) is 17.5 Å². The first-order valence-electron chi connectivity index (χ1n) is 9.81. The predicted octanol–water partition coefficient (Wildman–Crippen LogP) is 4.10. The molecule has 10 heteroatoms. The molecule has 0 aliphatic carbocycles. The Labute approximate surface area is 187 Å². The van der Waals surface area contributed by atoms with E-state index in [0.717, 1.165) is 0 Å². The topological polar surface area (TPSA) is 122 Å². The second-order valence-electron chi connectivity index (χ2n) is 7.81. The van der Waals surface area contributed by atoms with E-state index in [1.165, 1.54) is 6.26 Å². The van der Waals surface area contributed by atoms with E-state index in [1.54, 1.807) is 42.6 Å². The number of ether oxygens (including phenoxy) is 1. The highest BCUT2D eigenvalue weighted by atomic mass is 35.5. The van der Waals surface area contributed by atoms with Gasteiger partial charge in [0, 0.05) is 11.3 Å². The highest BCUT2D eigenvalue weighted by Gasteiger charge is 2.41. The molecule has 0 spiro atoms. The van der Waals surface area contributed by atoms with E-state index >= 15 is 0 Å². The third kappa shape index (κ3) is 3.72. The lowest BCUT2D eigenvalue weighted by atomic mass is 9.87. The molecule has 1 saturated heterocycles. The number of benzene rings is 1. The summed E-state index contributed by atoms with van der Waals surface area (Å²) < 4.78 is 10.3. The van der Waals surface area contributed by atoms with Gasteiger partial charge in [-0.15, -0.1) is 0 Å². The molecule has 0 saturated carbocycles. The molecule has 0 bridgehead atoms. The van der Waals surface area contributed by atoms with Crippen LogP contribution in [-0.4, -0.2) is 40.0 Å². The molecule has 0 unspecified atom stereocenters. The maximum atomic E-state index is 12.4. The van der Waals surface area contributed by atoms with Gasteiger partial charge in [0.1, 0.15) is 5.82 Å². The molecular weight excluding hydrogens is 434 g/mol. The first-order chi connectivity index (χ1) is 15.4. The summed E-state index contributed by atoms with van der Waals surface area (Å²) in [5.41, 5.74) is 2.25.